The van der Waals surface area contributed by atoms with E-state index in [0.29, 0.717) is 23.3 Å². The van der Waals surface area contributed by atoms with E-state index in [0.717, 1.165) is 9.99 Å². The van der Waals surface area contributed by atoms with Gasteiger partial charge in [-0.3, -0.25) is 4.79 Å². The van der Waals surface area contributed by atoms with E-state index in [4.69, 9.17) is 4.74 Å². The normalized spacial score (nSPS) is 10.6. The molecule has 1 N–H and O–H groups in total. The lowest BCUT2D eigenvalue weighted by atomic mass is 10.2. The van der Waals surface area contributed by atoms with Gasteiger partial charge in [0.05, 0.1) is 16.8 Å². The van der Waals surface area contributed by atoms with Gasteiger partial charge in [-0.25, -0.2) is 9.48 Å². The molecule has 0 unspecified atom stereocenters. The molecule has 0 aliphatic rings. The number of esters is 1. The summed E-state index contributed by atoms with van der Waals surface area (Å²) in [5.41, 5.74) is 2.38. The van der Waals surface area contributed by atoms with E-state index in [2.05, 4.69) is 31.6 Å². The summed E-state index contributed by atoms with van der Waals surface area (Å²) in [6.07, 6.45) is 0. The maximum Gasteiger partial charge on any atom is 0.338 e. The molecule has 1 aromatic heterocycles. The van der Waals surface area contributed by atoms with Gasteiger partial charge < -0.3 is 10.1 Å². The van der Waals surface area contributed by atoms with E-state index in [1.165, 1.54) is 0 Å². The maximum absolute atomic E-state index is 12.1. The van der Waals surface area contributed by atoms with Crippen molar-refractivity contribution in [3.05, 3.63) is 52.5 Å². The van der Waals surface area contributed by atoms with Crippen molar-refractivity contribution in [2.24, 2.45) is 0 Å². The highest BCUT2D eigenvalue weighted by Crippen LogP contribution is 2.21. The lowest BCUT2D eigenvalue weighted by Crippen LogP contribution is -2.21. The van der Waals surface area contributed by atoms with E-state index in [9.17, 15) is 9.59 Å². The second kappa shape index (κ2) is 7.43. The molecule has 0 saturated carbocycles. The quantitative estimate of drug-likeness (QED) is 0.662. The van der Waals surface area contributed by atoms with Gasteiger partial charge in [0.2, 0.25) is 0 Å². The molecular formula is C17H15BrN4O3. The molecule has 7 nitrogen and oxygen atoms in total. The number of hydrogen-bond donors (Lipinski definition) is 1. The molecule has 0 spiro atoms. The van der Waals surface area contributed by atoms with Crippen molar-refractivity contribution >= 4 is 44.5 Å². The van der Waals surface area contributed by atoms with Gasteiger partial charge in [0.1, 0.15) is 5.52 Å². The summed E-state index contributed by atoms with van der Waals surface area (Å²) in [5, 5.41) is 10.7. The maximum atomic E-state index is 12.1. The third-order valence-electron chi connectivity index (χ3n) is 3.53. The van der Waals surface area contributed by atoms with Crippen molar-refractivity contribution in [3.8, 4) is 0 Å². The molecule has 0 radical (unpaired) electrons. The second-order valence-electron chi connectivity index (χ2n) is 5.21. The lowest BCUT2D eigenvalue weighted by Gasteiger charge is -2.08. The molecule has 0 aliphatic carbocycles. The Balaban J connectivity index is 1.62. The molecule has 0 bridgehead atoms. The van der Waals surface area contributed by atoms with Crippen LogP contribution < -0.4 is 5.32 Å². The number of ether oxygens (including phenoxy) is 1. The Morgan fingerprint density at radius 3 is 2.80 bits per heavy atom. The van der Waals surface area contributed by atoms with E-state index in [1.54, 1.807) is 41.1 Å². The number of aryl methyl sites for hydroxylation is 1. The van der Waals surface area contributed by atoms with Gasteiger partial charge in [-0.1, -0.05) is 17.3 Å². The van der Waals surface area contributed by atoms with Gasteiger partial charge in [0, 0.05) is 11.0 Å². The molecule has 3 aromatic rings. The van der Waals surface area contributed by atoms with E-state index in [-0.39, 0.29) is 6.61 Å². The van der Waals surface area contributed by atoms with Crippen molar-refractivity contribution < 1.29 is 14.3 Å². The Bertz CT molecular complexity index is 939. The summed E-state index contributed by atoms with van der Waals surface area (Å²) >= 11 is 3.34. The Morgan fingerprint density at radius 1 is 1.24 bits per heavy atom. The molecule has 128 valence electrons. The fourth-order valence-electron chi connectivity index (χ4n) is 2.30. The third kappa shape index (κ3) is 3.85. The minimum atomic E-state index is -0.588. The Labute approximate surface area is 152 Å². The SMILES string of the molecule is CCn1nnc2cc(C(=O)OCC(=O)Nc3ccccc3Br)ccc21. The molecule has 8 heteroatoms. The zero-order valence-corrected chi connectivity index (χ0v) is 15.0. The Morgan fingerprint density at radius 2 is 2.04 bits per heavy atom. The standard InChI is InChI=1S/C17H15BrN4O3/c1-2-22-15-8-7-11(9-14(15)20-21-22)17(24)25-10-16(23)19-13-6-4-3-5-12(13)18/h3-9H,2,10H2,1H3,(H,19,23). The fraction of sp³-hybridized carbons (Fsp3) is 0.176. The fourth-order valence-corrected chi connectivity index (χ4v) is 2.68. The molecule has 2 aromatic carbocycles. The summed E-state index contributed by atoms with van der Waals surface area (Å²) < 4.78 is 7.54. The average molecular weight is 403 g/mol. The zero-order valence-electron chi connectivity index (χ0n) is 13.4. The van der Waals surface area contributed by atoms with Crippen LogP contribution in [0, 0.1) is 0 Å². The predicted octanol–water partition coefficient (Wildman–Crippen LogP) is 3.01. The number of rotatable bonds is 5. The summed E-state index contributed by atoms with van der Waals surface area (Å²) in [7, 11) is 0. The van der Waals surface area contributed by atoms with Crippen molar-refractivity contribution in [3.63, 3.8) is 0 Å². The van der Waals surface area contributed by atoms with Gasteiger partial charge in [-0.2, -0.15) is 0 Å². The third-order valence-corrected chi connectivity index (χ3v) is 4.22. The van der Waals surface area contributed by atoms with E-state index in [1.807, 2.05) is 13.0 Å². The lowest BCUT2D eigenvalue weighted by molar-refractivity contribution is -0.119. The van der Waals surface area contributed by atoms with Crippen LogP contribution in [-0.4, -0.2) is 33.5 Å². The number of halogens is 1. The van der Waals surface area contributed by atoms with Gasteiger partial charge in [-0.05, 0) is 53.2 Å². The summed E-state index contributed by atoms with van der Waals surface area (Å²) in [6, 6.07) is 12.2. The number of nitrogens with zero attached hydrogens (tertiary/aromatic N) is 3. The Hall–Kier alpha value is -2.74. The predicted molar refractivity (Wildman–Crippen MR) is 96.3 cm³/mol. The molecule has 0 aliphatic heterocycles. The molecule has 0 atom stereocenters. The van der Waals surface area contributed by atoms with Gasteiger partial charge in [0.25, 0.3) is 5.91 Å². The van der Waals surface area contributed by atoms with Crippen LogP contribution in [0.4, 0.5) is 5.69 Å². The highest BCUT2D eigenvalue weighted by Gasteiger charge is 2.13. The number of carbonyl (C=O) groups excluding carboxylic acids is 2. The van der Waals surface area contributed by atoms with Crippen molar-refractivity contribution in [2.75, 3.05) is 11.9 Å². The van der Waals surface area contributed by atoms with Crippen molar-refractivity contribution in [1.82, 2.24) is 15.0 Å². The van der Waals surface area contributed by atoms with Crippen LogP contribution in [0.25, 0.3) is 11.0 Å². The van der Waals surface area contributed by atoms with Crippen LogP contribution in [0.2, 0.25) is 0 Å². The molecular weight excluding hydrogens is 388 g/mol. The Kier molecular flexibility index (Phi) is 5.08. The van der Waals surface area contributed by atoms with Gasteiger partial charge >= 0.3 is 5.97 Å². The largest absolute Gasteiger partial charge is 0.452 e. The van der Waals surface area contributed by atoms with E-state index >= 15 is 0 Å². The van der Waals surface area contributed by atoms with Crippen LogP contribution in [-0.2, 0) is 16.1 Å². The van der Waals surface area contributed by atoms with Crippen LogP contribution in [0.15, 0.2) is 46.9 Å². The van der Waals surface area contributed by atoms with Gasteiger partial charge in [0.15, 0.2) is 6.61 Å². The van der Waals surface area contributed by atoms with Crippen molar-refractivity contribution in [2.45, 2.75) is 13.5 Å². The number of fused-ring (bicyclic) bond motifs is 1. The molecule has 3 rings (SSSR count). The zero-order chi connectivity index (χ0) is 17.8. The molecule has 0 fully saturated rings. The summed E-state index contributed by atoms with van der Waals surface area (Å²) in [6.45, 7) is 2.27. The minimum absolute atomic E-state index is 0.323. The average Bonchev–Trinajstić information content (AvgIpc) is 3.04. The first kappa shape index (κ1) is 17.1. The summed E-state index contributed by atoms with van der Waals surface area (Å²) in [4.78, 5) is 24.0. The number of anilines is 1. The number of amides is 1. The molecule has 0 saturated heterocycles. The van der Waals surface area contributed by atoms with E-state index < -0.39 is 11.9 Å². The van der Waals surface area contributed by atoms with Gasteiger partial charge in [-0.15, -0.1) is 5.10 Å². The number of aromatic nitrogens is 3. The first-order chi connectivity index (χ1) is 12.1. The summed E-state index contributed by atoms with van der Waals surface area (Å²) in [5.74, 6) is -1.01. The highest BCUT2D eigenvalue weighted by molar-refractivity contribution is 9.10. The van der Waals surface area contributed by atoms with Crippen LogP contribution in [0.5, 0.6) is 0 Å². The monoisotopic (exact) mass is 402 g/mol. The van der Waals surface area contributed by atoms with Crippen LogP contribution in [0.3, 0.4) is 0 Å². The highest BCUT2D eigenvalue weighted by atomic mass is 79.9. The van der Waals surface area contributed by atoms with Crippen molar-refractivity contribution in [1.29, 1.82) is 0 Å². The first-order valence-corrected chi connectivity index (χ1v) is 8.42. The molecule has 25 heavy (non-hydrogen) atoms. The van der Waals surface area contributed by atoms with Crippen LogP contribution >= 0.6 is 15.9 Å². The molecule has 1 heterocycles. The molecule has 1 amide bonds. The first-order valence-electron chi connectivity index (χ1n) is 7.63. The minimum Gasteiger partial charge on any atom is -0.452 e. The topological polar surface area (TPSA) is 86.1 Å². The number of carbonyl (C=O) groups is 2. The smallest absolute Gasteiger partial charge is 0.338 e. The number of benzene rings is 2. The number of hydrogen-bond acceptors (Lipinski definition) is 5. The number of para-hydroxylation sites is 1. The second-order valence-corrected chi connectivity index (χ2v) is 6.07. The number of nitrogens with one attached hydrogen (secondary N) is 1. The van der Waals surface area contributed by atoms with Crippen LogP contribution in [0.1, 0.15) is 17.3 Å².